The Morgan fingerprint density at radius 1 is 0.935 bits per heavy atom. The van der Waals surface area contributed by atoms with E-state index < -0.39 is 0 Å². The van der Waals surface area contributed by atoms with Crippen LogP contribution >= 0.6 is 0 Å². The molecular weight excluding hydrogens is 388 g/mol. The lowest BCUT2D eigenvalue weighted by atomic mass is 9.44. The highest BCUT2D eigenvalue weighted by atomic mass is 16.7. The number of carbonyl (C=O) groups excluding carboxylic acids is 2. The molecule has 172 valence electrons. The average molecular weight is 429 g/mol. The lowest BCUT2D eigenvalue weighted by Crippen LogP contribution is -2.57. The van der Waals surface area contributed by atoms with Gasteiger partial charge in [-0.3, -0.25) is 9.59 Å². The first-order valence-corrected chi connectivity index (χ1v) is 13.0. The molecule has 0 bridgehead atoms. The number of ketones is 2. The summed E-state index contributed by atoms with van der Waals surface area (Å²) >= 11 is 0. The Bertz CT molecular complexity index is 797. The van der Waals surface area contributed by atoms with Crippen LogP contribution in [-0.2, 0) is 19.1 Å². The molecule has 0 aromatic carbocycles. The predicted molar refractivity (Wildman–Crippen MR) is 117 cm³/mol. The van der Waals surface area contributed by atoms with E-state index >= 15 is 0 Å². The van der Waals surface area contributed by atoms with Crippen molar-refractivity contribution >= 4 is 11.6 Å². The fourth-order valence-corrected chi connectivity index (χ4v) is 9.85. The van der Waals surface area contributed by atoms with Crippen LogP contribution in [0.25, 0.3) is 0 Å². The van der Waals surface area contributed by atoms with Crippen LogP contribution in [0, 0.1) is 52.3 Å². The van der Waals surface area contributed by atoms with E-state index in [1.54, 1.807) is 0 Å². The third-order valence-corrected chi connectivity index (χ3v) is 11.5. The smallest absolute Gasteiger partial charge is 0.171 e. The summed E-state index contributed by atoms with van der Waals surface area (Å²) in [5.41, 5.74) is 0.276. The summed E-state index contributed by atoms with van der Waals surface area (Å²) in [6, 6.07) is 0. The molecule has 4 saturated carbocycles. The van der Waals surface area contributed by atoms with E-state index in [-0.39, 0.29) is 28.6 Å². The molecular formula is C27H40O4. The van der Waals surface area contributed by atoms with Gasteiger partial charge in [0.25, 0.3) is 0 Å². The Kier molecular flexibility index (Phi) is 4.47. The van der Waals surface area contributed by atoms with Gasteiger partial charge in [0.1, 0.15) is 11.6 Å². The Balaban J connectivity index is 1.29. The fraction of sp³-hybridized carbons (Fsp3) is 0.926. The Labute approximate surface area is 187 Å². The van der Waals surface area contributed by atoms with Gasteiger partial charge in [-0.2, -0.15) is 0 Å². The van der Waals surface area contributed by atoms with E-state index in [1.165, 1.54) is 19.3 Å². The molecule has 6 rings (SSSR count). The van der Waals surface area contributed by atoms with E-state index in [1.807, 2.05) is 0 Å². The van der Waals surface area contributed by atoms with Gasteiger partial charge >= 0.3 is 0 Å². The number of hydrogen-bond acceptors (Lipinski definition) is 4. The molecule has 6 fully saturated rings. The fourth-order valence-electron chi connectivity index (χ4n) is 9.85. The highest BCUT2D eigenvalue weighted by Gasteiger charge is 2.69. The van der Waals surface area contributed by atoms with Crippen LogP contribution < -0.4 is 0 Å². The number of Topliss-reactive ketones (excluding diaryl/α,β-unsaturated/α-hetero) is 2. The Morgan fingerprint density at radius 2 is 1.74 bits per heavy atom. The molecule has 2 saturated heterocycles. The topological polar surface area (TPSA) is 52.6 Å². The second-order valence-electron chi connectivity index (χ2n) is 12.9. The molecule has 0 aromatic rings. The molecule has 6 aliphatic rings. The third-order valence-electron chi connectivity index (χ3n) is 11.5. The molecule has 0 amide bonds. The quantitative estimate of drug-likeness (QED) is 0.533. The number of hydrogen-bond donors (Lipinski definition) is 0. The maximum atomic E-state index is 13.3. The number of carbonyl (C=O) groups is 2. The first-order chi connectivity index (χ1) is 14.7. The first kappa shape index (κ1) is 20.8. The van der Waals surface area contributed by atoms with E-state index in [4.69, 9.17) is 9.47 Å². The summed E-state index contributed by atoms with van der Waals surface area (Å²) < 4.78 is 13.3. The normalized spacial score (nSPS) is 58.6. The van der Waals surface area contributed by atoms with E-state index in [2.05, 4.69) is 27.7 Å². The highest BCUT2D eigenvalue weighted by molar-refractivity contribution is 5.90. The number of rotatable bonds is 0. The zero-order valence-electron chi connectivity index (χ0n) is 19.8. The minimum absolute atomic E-state index is 0.0173. The minimum Gasteiger partial charge on any atom is -0.349 e. The summed E-state index contributed by atoms with van der Waals surface area (Å²) in [5.74, 6) is 3.54. The van der Waals surface area contributed by atoms with Crippen molar-refractivity contribution in [1.82, 2.24) is 0 Å². The van der Waals surface area contributed by atoms with Crippen molar-refractivity contribution in [3.05, 3.63) is 0 Å². The number of fused-ring (bicyclic) bond motifs is 7. The molecule has 2 unspecified atom stereocenters. The molecule has 4 nitrogen and oxygen atoms in total. The van der Waals surface area contributed by atoms with E-state index in [9.17, 15) is 9.59 Å². The van der Waals surface area contributed by atoms with Crippen molar-refractivity contribution in [3.63, 3.8) is 0 Å². The van der Waals surface area contributed by atoms with Crippen LogP contribution in [0.1, 0.15) is 85.5 Å². The van der Waals surface area contributed by atoms with Crippen LogP contribution in [-0.4, -0.2) is 30.1 Å². The zero-order chi connectivity index (χ0) is 21.8. The predicted octanol–water partition coefficient (Wildman–Crippen LogP) is 5.18. The SMILES string of the molecule is C[C@H]1CC[C@@]2(OC1)OC1C[C@H]3[C@@H]4CC(=O)[C@H]5CC(=O)CC[C@]5(C)[C@H]4CC[C@]3(C)C1[C@@H]2C. The lowest BCUT2D eigenvalue weighted by Gasteiger charge is -2.59. The largest absolute Gasteiger partial charge is 0.349 e. The van der Waals surface area contributed by atoms with Crippen LogP contribution in [0.15, 0.2) is 0 Å². The molecule has 31 heavy (non-hydrogen) atoms. The molecule has 11 atom stereocenters. The summed E-state index contributed by atoms with van der Waals surface area (Å²) in [5, 5.41) is 0. The Morgan fingerprint density at radius 3 is 2.48 bits per heavy atom. The lowest BCUT2D eigenvalue weighted by molar-refractivity contribution is -0.273. The molecule has 1 spiro atoms. The van der Waals surface area contributed by atoms with E-state index in [0.717, 1.165) is 25.9 Å². The minimum atomic E-state index is -0.365. The van der Waals surface area contributed by atoms with E-state index in [0.29, 0.717) is 66.3 Å². The molecule has 2 aliphatic heterocycles. The van der Waals surface area contributed by atoms with Gasteiger partial charge in [0.15, 0.2) is 5.79 Å². The second-order valence-corrected chi connectivity index (χ2v) is 12.9. The molecule has 0 N–H and O–H groups in total. The summed E-state index contributed by atoms with van der Waals surface area (Å²) in [6.45, 7) is 10.4. The third kappa shape index (κ3) is 2.67. The van der Waals surface area contributed by atoms with Crippen LogP contribution in [0.4, 0.5) is 0 Å². The van der Waals surface area contributed by atoms with Crippen molar-refractivity contribution in [3.8, 4) is 0 Å². The van der Waals surface area contributed by atoms with Crippen LogP contribution in [0.3, 0.4) is 0 Å². The monoisotopic (exact) mass is 428 g/mol. The molecule has 4 heteroatoms. The molecule has 0 aromatic heterocycles. The molecule has 2 heterocycles. The van der Waals surface area contributed by atoms with Crippen molar-refractivity contribution in [1.29, 1.82) is 0 Å². The van der Waals surface area contributed by atoms with Gasteiger partial charge in [-0.1, -0.05) is 27.7 Å². The van der Waals surface area contributed by atoms with Crippen molar-refractivity contribution in [2.45, 2.75) is 97.4 Å². The van der Waals surface area contributed by atoms with Gasteiger partial charge in [0.2, 0.25) is 0 Å². The zero-order valence-corrected chi connectivity index (χ0v) is 19.8. The van der Waals surface area contributed by atoms with Gasteiger partial charge in [-0.15, -0.1) is 0 Å². The maximum absolute atomic E-state index is 13.3. The standard InChI is InChI=1S/C27H40O4/c1-15-5-10-27(30-14-15)16(2)24-23(31-27)13-20-18-12-22(29)21-11-17(28)6-8-25(21,3)19(18)7-9-26(20,24)4/h15-16,18-21,23-24H,5-14H2,1-4H3/t15-,16-,18+,19-,20-,21+,23?,24?,25+,26-,27+/m0/s1. The first-order valence-electron chi connectivity index (χ1n) is 13.0. The van der Waals surface area contributed by atoms with Crippen molar-refractivity contribution in [2.24, 2.45) is 52.3 Å². The second kappa shape index (κ2) is 6.65. The Hall–Kier alpha value is -0.740. The summed E-state index contributed by atoms with van der Waals surface area (Å²) in [4.78, 5) is 25.5. The van der Waals surface area contributed by atoms with Gasteiger partial charge < -0.3 is 9.47 Å². The number of ether oxygens (including phenoxy) is 2. The van der Waals surface area contributed by atoms with Crippen LogP contribution in [0.5, 0.6) is 0 Å². The summed E-state index contributed by atoms with van der Waals surface area (Å²) in [6.07, 6.45) is 8.86. The average Bonchev–Trinajstić information content (AvgIpc) is 3.17. The van der Waals surface area contributed by atoms with Crippen molar-refractivity contribution in [2.75, 3.05) is 6.61 Å². The van der Waals surface area contributed by atoms with Gasteiger partial charge in [-0.05, 0) is 72.5 Å². The molecule has 0 radical (unpaired) electrons. The van der Waals surface area contributed by atoms with Crippen LogP contribution in [0.2, 0.25) is 0 Å². The maximum Gasteiger partial charge on any atom is 0.171 e. The van der Waals surface area contributed by atoms with Gasteiger partial charge in [0.05, 0.1) is 12.7 Å². The van der Waals surface area contributed by atoms with Gasteiger partial charge in [-0.25, -0.2) is 0 Å². The van der Waals surface area contributed by atoms with Crippen molar-refractivity contribution < 1.29 is 19.1 Å². The van der Waals surface area contributed by atoms with Gasteiger partial charge in [0, 0.05) is 37.5 Å². The summed E-state index contributed by atoms with van der Waals surface area (Å²) in [7, 11) is 0. The molecule has 4 aliphatic carbocycles. The highest BCUT2D eigenvalue weighted by Crippen LogP contribution is 2.70.